The molecule has 0 aromatic heterocycles. The van der Waals surface area contributed by atoms with Crippen LogP contribution in [0.3, 0.4) is 0 Å². The fourth-order valence-electron chi connectivity index (χ4n) is 1.17. The van der Waals surface area contributed by atoms with Gasteiger partial charge >= 0.3 is 0 Å². The molecule has 0 saturated heterocycles. The van der Waals surface area contributed by atoms with E-state index in [0.29, 0.717) is 0 Å². The third kappa shape index (κ3) is 2.91. The normalized spacial score (nSPS) is 12.2. The number of nitrogens with zero attached hydrogens (tertiary/aromatic N) is 1. The maximum absolute atomic E-state index is 13.3. The molecule has 1 aromatic carbocycles. The lowest BCUT2D eigenvalue weighted by Crippen LogP contribution is -2.14. The molecule has 16 heavy (non-hydrogen) atoms. The maximum Gasteiger partial charge on any atom is 0.293 e. The lowest BCUT2D eigenvalue weighted by Gasteiger charge is -2.13. The molecule has 0 bridgehead atoms. The van der Waals surface area contributed by atoms with E-state index in [9.17, 15) is 14.5 Å². The first-order valence-corrected chi connectivity index (χ1v) is 5.65. The zero-order valence-corrected chi connectivity index (χ0v) is 10.5. The first-order chi connectivity index (χ1) is 7.45. The highest BCUT2D eigenvalue weighted by molar-refractivity contribution is 9.10. The van der Waals surface area contributed by atoms with Gasteiger partial charge in [0.2, 0.25) is 0 Å². The van der Waals surface area contributed by atoms with Crippen LogP contribution in [-0.2, 0) is 0 Å². The van der Waals surface area contributed by atoms with E-state index in [4.69, 9.17) is 0 Å². The average molecular weight is 291 g/mol. The van der Waals surface area contributed by atoms with Crippen molar-refractivity contribution in [3.63, 3.8) is 0 Å². The van der Waals surface area contributed by atoms with Crippen LogP contribution in [0.2, 0.25) is 0 Å². The lowest BCUT2D eigenvalue weighted by molar-refractivity contribution is -0.384. The van der Waals surface area contributed by atoms with Crippen molar-refractivity contribution < 1.29 is 9.31 Å². The van der Waals surface area contributed by atoms with E-state index in [1.165, 1.54) is 6.07 Å². The number of hydrogen-bond acceptors (Lipinski definition) is 3. The summed E-state index contributed by atoms with van der Waals surface area (Å²) in [6.45, 7) is 3.82. The highest BCUT2D eigenvalue weighted by Crippen LogP contribution is 2.31. The van der Waals surface area contributed by atoms with Crippen molar-refractivity contribution in [3.8, 4) is 0 Å². The number of hydrogen-bond donors (Lipinski definition) is 1. The van der Waals surface area contributed by atoms with Gasteiger partial charge in [0.1, 0.15) is 11.5 Å². The van der Waals surface area contributed by atoms with Gasteiger partial charge in [-0.05, 0) is 29.3 Å². The van der Waals surface area contributed by atoms with Gasteiger partial charge in [-0.25, -0.2) is 4.39 Å². The minimum absolute atomic E-state index is 0.0549. The Bertz CT molecular complexity index is 412. The van der Waals surface area contributed by atoms with Gasteiger partial charge in [0.05, 0.1) is 9.40 Å². The van der Waals surface area contributed by atoms with Gasteiger partial charge in [-0.2, -0.15) is 0 Å². The summed E-state index contributed by atoms with van der Waals surface area (Å²) in [7, 11) is 0. The Kier molecular flexibility index (Phi) is 4.23. The summed E-state index contributed by atoms with van der Waals surface area (Å²) in [6, 6.07) is 2.35. The van der Waals surface area contributed by atoms with Crippen LogP contribution in [0.5, 0.6) is 0 Å². The minimum atomic E-state index is -0.533. The number of anilines is 1. The van der Waals surface area contributed by atoms with Crippen LogP contribution in [0.25, 0.3) is 0 Å². The van der Waals surface area contributed by atoms with Crippen molar-refractivity contribution in [2.45, 2.75) is 26.3 Å². The number of nitro benzene ring substituents is 1. The number of nitro groups is 1. The van der Waals surface area contributed by atoms with E-state index < -0.39 is 10.7 Å². The van der Waals surface area contributed by atoms with Crippen molar-refractivity contribution in [3.05, 3.63) is 32.5 Å². The van der Waals surface area contributed by atoms with E-state index >= 15 is 0 Å². The molecule has 6 heteroatoms. The number of halogens is 2. The van der Waals surface area contributed by atoms with Gasteiger partial charge in [-0.3, -0.25) is 10.1 Å². The van der Waals surface area contributed by atoms with E-state index in [1.807, 2.05) is 13.8 Å². The van der Waals surface area contributed by atoms with Crippen molar-refractivity contribution in [1.29, 1.82) is 0 Å². The average Bonchev–Trinajstić information content (AvgIpc) is 2.22. The Morgan fingerprint density at radius 3 is 2.75 bits per heavy atom. The summed E-state index contributed by atoms with van der Waals surface area (Å²) in [6.07, 6.45) is 0.800. The van der Waals surface area contributed by atoms with E-state index in [-0.39, 0.29) is 21.9 Å². The molecular formula is C10H12BrFN2O2. The summed E-state index contributed by atoms with van der Waals surface area (Å²) in [5.41, 5.74) is 0.0774. The predicted molar refractivity (Wildman–Crippen MR) is 64.1 cm³/mol. The zero-order chi connectivity index (χ0) is 12.3. The van der Waals surface area contributed by atoms with E-state index in [2.05, 4.69) is 21.2 Å². The first kappa shape index (κ1) is 12.9. The van der Waals surface area contributed by atoms with Crippen LogP contribution in [-0.4, -0.2) is 11.0 Å². The van der Waals surface area contributed by atoms with Crippen LogP contribution in [0.15, 0.2) is 16.6 Å². The highest BCUT2D eigenvalue weighted by Gasteiger charge is 2.18. The molecular weight excluding hydrogens is 279 g/mol. The molecule has 0 radical (unpaired) electrons. The Morgan fingerprint density at radius 2 is 2.25 bits per heavy atom. The van der Waals surface area contributed by atoms with Crippen molar-refractivity contribution in [2.75, 3.05) is 5.32 Å². The third-order valence-electron chi connectivity index (χ3n) is 2.25. The van der Waals surface area contributed by atoms with Crippen LogP contribution in [0, 0.1) is 15.9 Å². The second kappa shape index (κ2) is 5.25. The molecule has 1 N–H and O–H groups in total. The van der Waals surface area contributed by atoms with E-state index in [1.54, 1.807) is 0 Å². The van der Waals surface area contributed by atoms with Gasteiger partial charge in [0.25, 0.3) is 5.69 Å². The van der Waals surface area contributed by atoms with Crippen LogP contribution in [0.1, 0.15) is 20.3 Å². The molecule has 1 aromatic rings. The van der Waals surface area contributed by atoms with Gasteiger partial charge in [0, 0.05) is 18.2 Å². The number of benzene rings is 1. The Labute approximate surface area is 101 Å². The summed E-state index contributed by atoms with van der Waals surface area (Å²) in [5.74, 6) is -0.517. The molecule has 0 saturated carbocycles. The second-order valence-electron chi connectivity index (χ2n) is 3.49. The van der Waals surface area contributed by atoms with Crippen molar-refractivity contribution >= 4 is 27.3 Å². The fraction of sp³-hybridized carbons (Fsp3) is 0.400. The molecule has 4 nitrogen and oxygen atoms in total. The SMILES string of the molecule is CCC(C)Nc1cc(F)c(Br)cc1[N+](=O)[O-]. The van der Waals surface area contributed by atoms with Crippen molar-refractivity contribution in [2.24, 2.45) is 0 Å². The van der Waals surface area contributed by atoms with Gasteiger partial charge in [0.15, 0.2) is 0 Å². The molecule has 0 aliphatic rings. The van der Waals surface area contributed by atoms with Crippen LogP contribution in [0.4, 0.5) is 15.8 Å². The molecule has 1 atom stereocenters. The molecule has 0 heterocycles. The quantitative estimate of drug-likeness (QED) is 0.679. The molecule has 0 aliphatic carbocycles. The summed E-state index contributed by atoms with van der Waals surface area (Å²) < 4.78 is 13.4. The monoisotopic (exact) mass is 290 g/mol. The van der Waals surface area contributed by atoms with E-state index in [0.717, 1.165) is 12.5 Å². The lowest BCUT2D eigenvalue weighted by atomic mass is 10.2. The smallest absolute Gasteiger partial charge is 0.293 e. The Balaban J connectivity index is 3.14. The first-order valence-electron chi connectivity index (χ1n) is 4.85. The Hall–Kier alpha value is -1.17. The summed E-state index contributed by atoms with van der Waals surface area (Å²) >= 11 is 2.92. The van der Waals surface area contributed by atoms with Gasteiger partial charge < -0.3 is 5.32 Å². The minimum Gasteiger partial charge on any atom is -0.377 e. The zero-order valence-electron chi connectivity index (χ0n) is 8.96. The maximum atomic E-state index is 13.3. The van der Waals surface area contributed by atoms with Gasteiger partial charge in [-0.15, -0.1) is 0 Å². The molecule has 1 unspecified atom stereocenters. The molecule has 0 fully saturated rings. The number of nitrogens with one attached hydrogen (secondary N) is 1. The Morgan fingerprint density at radius 1 is 1.62 bits per heavy atom. The fourth-order valence-corrected chi connectivity index (χ4v) is 1.50. The predicted octanol–water partition coefficient (Wildman–Crippen LogP) is 3.71. The number of rotatable bonds is 4. The van der Waals surface area contributed by atoms with Gasteiger partial charge in [-0.1, -0.05) is 6.92 Å². The topological polar surface area (TPSA) is 55.2 Å². The summed E-state index contributed by atoms with van der Waals surface area (Å²) in [5, 5.41) is 13.7. The summed E-state index contributed by atoms with van der Waals surface area (Å²) in [4.78, 5) is 10.2. The molecule has 0 aliphatic heterocycles. The highest BCUT2D eigenvalue weighted by atomic mass is 79.9. The molecule has 0 spiro atoms. The second-order valence-corrected chi connectivity index (χ2v) is 4.35. The largest absolute Gasteiger partial charge is 0.377 e. The third-order valence-corrected chi connectivity index (χ3v) is 2.86. The van der Waals surface area contributed by atoms with Crippen LogP contribution >= 0.6 is 15.9 Å². The van der Waals surface area contributed by atoms with Crippen molar-refractivity contribution in [1.82, 2.24) is 0 Å². The molecule has 1 rings (SSSR count). The van der Waals surface area contributed by atoms with Crippen LogP contribution < -0.4 is 5.32 Å². The molecule has 88 valence electrons. The standard InChI is InChI=1S/C10H12BrFN2O2/c1-3-6(2)13-9-5-8(12)7(11)4-10(9)14(15)16/h4-6,13H,3H2,1-2H3. The molecule has 0 amide bonds.